The van der Waals surface area contributed by atoms with Crippen LogP contribution in [-0.2, 0) is 30.7 Å². The fourth-order valence-corrected chi connectivity index (χ4v) is 10.0. The molecule has 0 saturated heterocycles. The number of methoxy groups -OCH3 is 1. The van der Waals surface area contributed by atoms with Crippen LogP contribution in [0.3, 0.4) is 0 Å². The summed E-state index contributed by atoms with van der Waals surface area (Å²) >= 11 is 0. The normalized spacial score (nSPS) is 23.1. The van der Waals surface area contributed by atoms with Crippen LogP contribution < -0.4 is 0 Å². The first-order chi connectivity index (χ1) is 16.7. The summed E-state index contributed by atoms with van der Waals surface area (Å²) < 4.78 is 42.1. The van der Waals surface area contributed by atoms with Gasteiger partial charge in [0.2, 0.25) is 0 Å². The largest absolute Gasteiger partial charge is 0.465 e. The number of hydrogen-bond donors (Lipinski definition) is 1. The quantitative estimate of drug-likeness (QED) is 0.393. The third-order valence-corrected chi connectivity index (χ3v) is 11.0. The predicted molar refractivity (Wildman–Crippen MR) is 153 cm³/mol. The van der Waals surface area contributed by atoms with Crippen LogP contribution in [0.15, 0.2) is 28.6 Å². The van der Waals surface area contributed by atoms with E-state index in [1.54, 1.807) is 12.1 Å². The van der Waals surface area contributed by atoms with E-state index in [0.29, 0.717) is 35.1 Å². The zero-order valence-corrected chi connectivity index (χ0v) is 25.4. The number of hydrogen-bond acceptors (Lipinski definition) is 6. The molecular weight excluding hydrogens is 504 g/mol. The number of carbonyl (C=O) groups excluding carboxylic acids is 1. The number of ether oxygens (including phenoxy) is 1. The summed E-state index contributed by atoms with van der Waals surface area (Å²) in [6.45, 7) is 16.2. The van der Waals surface area contributed by atoms with Gasteiger partial charge in [0.05, 0.1) is 19.2 Å². The smallest absolute Gasteiger partial charge is 0.337 e. The molecule has 204 valence electrons. The summed E-state index contributed by atoms with van der Waals surface area (Å²) in [5.41, 5.74) is 0.271. The van der Waals surface area contributed by atoms with E-state index in [1.165, 1.54) is 7.11 Å². The molecule has 0 aromatic heterocycles. The lowest BCUT2D eigenvalue weighted by molar-refractivity contribution is 0.0600. The predicted octanol–water partition coefficient (Wildman–Crippen LogP) is 5.61. The van der Waals surface area contributed by atoms with Gasteiger partial charge >= 0.3 is 5.97 Å². The summed E-state index contributed by atoms with van der Waals surface area (Å²) in [7, 11) is -3.47. The molecule has 3 rings (SSSR count). The summed E-state index contributed by atoms with van der Waals surface area (Å²) in [4.78, 5) is 11.5. The van der Waals surface area contributed by atoms with Crippen molar-refractivity contribution in [3.05, 3.63) is 35.4 Å². The van der Waals surface area contributed by atoms with Gasteiger partial charge in [0.25, 0.3) is 0 Å². The van der Waals surface area contributed by atoms with E-state index in [0.717, 1.165) is 5.56 Å². The van der Waals surface area contributed by atoms with Gasteiger partial charge in [-0.1, -0.05) is 35.8 Å². The van der Waals surface area contributed by atoms with Crippen molar-refractivity contribution >= 4 is 25.4 Å². The maximum absolute atomic E-state index is 13.3. The van der Waals surface area contributed by atoms with Crippen molar-refractivity contribution in [2.45, 2.75) is 61.9 Å². The molecule has 2 aliphatic heterocycles. The molecule has 0 unspecified atom stereocenters. The highest BCUT2D eigenvalue weighted by Gasteiger charge is 2.32. The maximum atomic E-state index is 13.3. The van der Waals surface area contributed by atoms with Crippen LogP contribution in [0.1, 0.15) is 71.3 Å². The Morgan fingerprint density at radius 3 is 1.57 bits per heavy atom. The SMILES string of the molecule is CC1(C)C#CC(C)(C)CS(=N)(=O)C1.COC(=O)c1ccc(CN=S2(=O)CC(C)(C)C#CC(C)(C)C2)cc1. The van der Waals surface area contributed by atoms with Crippen LogP contribution in [0.4, 0.5) is 0 Å². The molecule has 0 radical (unpaired) electrons. The van der Waals surface area contributed by atoms with Gasteiger partial charge in [-0.25, -0.2) is 17.6 Å². The molecule has 2 heterocycles. The third kappa shape index (κ3) is 10.2. The van der Waals surface area contributed by atoms with Crippen LogP contribution in [0.5, 0.6) is 0 Å². The standard InChI is InChI=1S/C19H25NO3S.C10H17NOS/c1-18(2)10-11-19(3,4)14-24(22,13-18)20-12-15-6-8-16(9-7-15)17(21)23-5;1-9(2)5-6-10(3,4)8-13(11,12)7-9/h6-9H,12-14H2,1-5H3;11H,7-8H2,1-4H3. The zero-order chi connectivity index (χ0) is 28.3. The third-order valence-electron chi connectivity index (χ3n) is 5.70. The van der Waals surface area contributed by atoms with Crippen molar-refractivity contribution in [1.82, 2.24) is 0 Å². The Kier molecular flexibility index (Phi) is 9.05. The van der Waals surface area contributed by atoms with Crippen molar-refractivity contribution in [3.8, 4) is 23.7 Å². The second-order valence-electron chi connectivity index (χ2n) is 12.7. The molecule has 8 heteroatoms. The fraction of sp³-hybridized carbons (Fsp3) is 0.621. The topological polar surface area (TPSA) is 96.7 Å². The van der Waals surface area contributed by atoms with Crippen LogP contribution in [0, 0.1) is 50.1 Å². The molecule has 0 bridgehead atoms. The summed E-state index contributed by atoms with van der Waals surface area (Å²) in [6, 6.07) is 7.05. The lowest BCUT2D eigenvalue weighted by atomic mass is 9.92. The summed E-state index contributed by atoms with van der Waals surface area (Å²) in [5, 5.41) is 0. The van der Waals surface area contributed by atoms with Crippen molar-refractivity contribution in [2.75, 3.05) is 30.1 Å². The number of esters is 1. The van der Waals surface area contributed by atoms with Gasteiger partial charge in [-0.05, 0) is 73.1 Å². The first-order valence-corrected chi connectivity index (χ1v) is 16.1. The molecule has 0 atom stereocenters. The van der Waals surface area contributed by atoms with Gasteiger partial charge in [-0.15, -0.1) is 0 Å². The van der Waals surface area contributed by atoms with Crippen LogP contribution in [0.2, 0.25) is 0 Å². The molecule has 0 aliphatic carbocycles. The van der Waals surface area contributed by atoms with Gasteiger partial charge in [0.15, 0.2) is 0 Å². The molecule has 1 N–H and O–H groups in total. The summed E-state index contributed by atoms with van der Waals surface area (Å²) in [6.07, 6.45) is 0. The van der Waals surface area contributed by atoms with E-state index in [-0.39, 0.29) is 27.6 Å². The molecule has 0 spiro atoms. The Balaban J connectivity index is 0.000000312. The van der Waals surface area contributed by atoms with E-state index in [9.17, 15) is 13.2 Å². The van der Waals surface area contributed by atoms with Gasteiger partial charge in [-0.3, -0.25) is 4.78 Å². The highest BCUT2D eigenvalue weighted by molar-refractivity contribution is 7.93. The molecule has 0 amide bonds. The van der Waals surface area contributed by atoms with E-state index in [2.05, 4.69) is 32.8 Å². The first-order valence-electron chi connectivity index (χ1n) is 12.3. The van der Waals surface area contributed by atoms with E-state index in [1.807, 2.05) is 67.5 Å². The van der Waals surface area contributed by atoms with E-state index < -0.39 is 19.5 Å². The first kappa shape index (κ1) is 30.9. The second kappa shape index (κ2) is 10.8. The molecule has 1 aromatic rings. The maximum Gasteiger partial charge on any atom is 0.337 e. The highest BCUT2D eigenvalue weighted by atomic mass is 32.2. The van der Waals surface area contributed by atoms with Gasteiger partial charge in [0, 0.05) is 64.1 Å². The highest BCUT2D eigenvalue weighted by Crippen LogP contribution is 2.29. The lowest BCUT2D eigenvalue weighted by Gasteiger charge is -2.21. The van der Waals surface area contributed by atoms with Crippen molar-refractivity contribution < 1.29 is 17.9 Å². The summed E-state index contributed by atoms with van der Waals surface area (Å²) in [5.74, 6) is 14.1. The van der Waals surface area contributed by atoms with Gasteiger partial charge in [-0.2, -0.15) is 0 Å². The van der Waals surface area contributed by atoms with Crippen molar-refractivity contribution in [3.63, 3.8) is 0 Å². The van der Waals surface area contributed by atoms with Gasteiger partial charge in [0.1, 0.15) is 0 Å². The number of rotatable bonds is 3. The lowest BCUT2D eigenvalue weighted by Crippen LogP contribution is -2.27. The number of nitrogens with one attached hydrogen (secondary N) is 1. The number of nitrogens with zero attached hydrogens (tertiary/aromatic N) is 1. The molecule has 6 nitrogen and oxygen atoms in total. The molecule has 0 saturated carbocycles. The molecule has 37 heavy (non-hydrogen) atoms. The average molecular weight is 547 g/mol. The fourth-order valence-electron chi connectivity index (χ4n) is 4.36. The molecule has 1 aromatic carbocycles. The number of carbonyl (C=O) groups is 1. The Hall–Kier alpha value is -2.29. The van der Waals surface area contributed by atoms with Gasteiger partial charge < -0.3 is 4.74 Å². The zero-order valence-electron chi connectivity index (χ0n) is 23.7. The van der Waals surface area contributed by atoms with Crippen molar-refractivity contribution in [1.29, 1.82) is 4.78 Å². The van der Waals surface area contributed by atoms with Crippen LogP contribution in [-0.4, -0.2) is 44.5 Å². The minimum Gasteiger partial charge on any atom is -0.465 e. The minimum absolute atomic E-state index is 0.271. The monoisotopic (exact) mass is 546 g/mol. The Labute approximate surface area is 224 Å². The Morgan fingerprint density at radius 2 is 1.19 bits per heavy atom. The molecular formula is C29H42N2O4S2. The Bertz CT molecular complexity index is 1310. The Morgan fingerprint density at radius 1 is 0.811 bits per heavy atom. The minimum atomic E-state index is -2.46. The molecule has 2 aliphatic rings. The number of benzene rings is 1. The second-order valence-corrected chi connectivity index (χ2v) is 17.3. The van der Waals surface area contributed by atoms with Crippen molar-refractivity contribution in [2.24, 2.45) is 26.0 Å². The van der Waals surface area contributed by atoms with E-state index >= 15 is 0 Å². The molecule has 0 fully saturated rings. The van der Waals surface area contributed by atoms with Crippen LogP contribution in [0.25, 0.3) is 0 Å². The average Bonchev–Trinajstić information content (AvgIpc) is 2.87. The van der Waals surface area contributed by atoms with E-state index in [4.69, 9.17) is 4.78 Å². The van der Waals surface area contributed by atoms with Crippen LogP contribution >= 0.6 is 0 Å².